The number of nitrogens with one attached hydrogen (secondary N) is 1. The van der Waals surface area contributed by atoms with E-state index in [-0.39, 0.29) is 29.7 Å². The van der Waals surface area contributed by atoms with Gasteiger partial charge in [-0.05, 0) is 58.5 Å². The molecule has 1 N–H and O–H groups in total. The molecule has 29 heteroatoms. The number of esters is 2. The molecular formula is C40H59F9N6O13S. The fourth-order valence-electron chi connectivity index (χ4n) is 6.02. The number of rotatable bonds is 12. The summed E-state index contributed by atoms with van der Waals surface area (Å²) < 4.78 is 172. The molecule has 69 heavy (non-hydrogen) atoms. The van der Waals surface area contributed by atoms with Crippen molar-refractivity contribution in [1.29, 1.82) is 0 Å². The third-order valence-corrected chi connectivity index (χ3v) is 10.8. The first-order valence-corrected chi connectivity index (χ1v) is 22.4. The molecule has 2 aliphatic heterocycles. The van der Waals surface area contributed by atoms with Crippen molar-refractivity contribution in [2.45, 2.75) is 116 Å². The standard InChI is InChI=1S/C18H29N3O5.C13H12F9NO6S.C9H18N2O2/c1-12(2)15(16(22)24-6)13-11-14(19-26-13)20-7-9-21(10-8-20)17(23)25-18(3,4)5;1-5(2)8(9(24)27-3)6-4-7(23-28-6)29-30(25,26)13(21,22)11(16,17)10(14,15)12(18,19)20;1-9(2,3)13-8(12)11-6-4-10-5-7-11/h11-12,15H,7-10H2,1-6H3;4-5,8H,1-3H3;10H,4-7H2,1-3H3. The van der Waals surface area contributed by atoms with E-state index in [4.69, 9.17) is 18.7 Å². The number of amides is 2. The van der Waals surface area contributed by atoms with Gasteiger partial charge < -0.3 is 52.2 Å². The van der Waals surface area contributed by atoms with Crippen molar-refractivity contribution in [3.8, 4) is 5.88 Å². The molecule has 0 spiro atoms. The van der Waals surface area contributed by atoms with E-state index in [0.717, 1.165) is 33.3 Å². The van der Waals surface area contributed by atoms with Crippen LogP contribution in [0, 0.1) is 11.8 Å². The van der Waals surface area contributed by atoms with Gasteiger partial charge in [0.15, 0.2) is 17.3 Å². The highest BCUT2D eigenvalue weighted by molar-refractivity contribution is 7.88. The number of carbonyl (C=O) groups is 4. The number of hydrogen-bond donors (Lipinski definition) is 1. The second-order valence-electron chi connectivity index (χ2n) is 18.0. The summed E-state index contributed by atoms with van der Waals surface area (Å²) in [5, 5.41) is 2.98. The second-order valence-corrected chi connectivity index (χ2v) is 19.6. The van der Waals surface area contributed by atoms with E-state index in [0.29, 0.717) is 43.8 Å². The molecule has 2 aliphatic rings. The predicted octanol–water partition coefficient (Wildman–Crippen LogP) is 7.19. The summed E-state index contributed by atoms with van der Waals surface area (Å²) in [6.07, 6.45) is -7.72. The Bertz CT molecular complexity index is 2130. The van der Waals surface area contributed by atoms with E-state index in [1.54, 1.807) is 15.9 Å². The highest BCUT2D eigenvalue weighted by Crippen LogP contribution is 2.55. The molecule has 0 bridgehead atoms. The van der Waals surface area contributed by atoms with Gasteiger partial charge >= 0.3 is 57.5 Å². The summed E-state index contributed by atoms with van der Waals surface area (Å²) in [7, 11) is -4.86. The average molecular weight is 1030 g/mol. The summed E-state index contributed by atoms with van der Waals surface area (Å²) >= 11 is 0. The van der Waals surface area contributed by atoms with Crippen LogP contribution in [-0.4, -0.2) is 154 Å². The summed E-state index contributed by atoms with van der Waals surface area (Å²) in [5.74, 6) is -19.5. The Morgan fingerprint density at radius 3 is 1.43 bits per heavy atom. The van der Waals surface area contributed by atoms with E-state index in [9.17, 15) is 67.1 Å². The fourth-order valence-corrected chi connectivity index (χ4v) is 6.87. The Morgan fingerprint density at radius 1 is 0.638 bits per heavy atom. The normalized spacial score (nSPS) is 16.4. The summed E-state index contributed by atoms with van der Waals surface area (Å²) in [5.41, 5.74) is -0.892. The predicted molar refractivity (Wildman–Crippen MR) is 223 cm³/mol. The van der Waals surface area contributed by atoms with Gasteiger partial charge in [-0.2, -0.15) is 47.9 Å². The minimum atomic E-state index is -7.46. The molecule has 0 radical (unpaired) electrons. The Hall–Kier alpha value is -5.22. The molecule has 4 heterocycles. The molecule has 4 rings (SSSR count). The maximum absolute atomic E-state index is 13.6. The quantitative estimate of drug-likeness (QED) is 0.0961. The van der Waals surface area contributed by atoms with Crippen molar-refractivity contribution in [3.05, 3.63) is 23.7 Å². The van der Waals surface area contributed by atoms with Gasteiger partial charge in [-0.25, -0.2) is 9.59 Å². The first-order valence-electron chi connectivity index (χ1n) is 21.0. The van der Waals surface area contributed by atoms with Gasteiger partial charge in [-0.1, -0.05) is 32.9 Å². The lowest BCUT2D eigenvalue weighted by molar-refractivity contribution is -0.382. The number of anilines is 1. The van der Waals surface area contributed by atoms with Crippen molar-refractivity contribution in [2.24, 2.45) is 11.8 Å². The lowest BCUT2D eigenvalue weighted by atomic mass is 9.93. The molecule has 19 nitrogen and oxygen atoms in total. The smallest absolute Gasteiger partial charge is 0.460 e. The van der Waals surface area contributed by atoms with Crippen LogP contribution in [-0.2, 0) is 38.7 Å². The minimum absolute atomic E-state index is 0.0345. The SMILES string of the molecule is CC(C)(C)OC(=O)N1CCNCC1.COC(=O)C(c1cc(N2CCN(C(=O)OC(C)(C)C)CC2)no1)C(C)C.COC(=O)C(c1cc(OS(=O)(=O)C(F)(F)C(F)(F)C(F)(F)C(F)(F)F)no1)C(C)C. The second kappa shape index (κ2) is 23.1. The third-order valence-electron chi connectivity index (χ3n) is 9.53. The number of alkyl halides is 9. The van der Waals surface area contributed by atoms with Crippen molar-refractivity contribution in [3.63, 3.8) is 0 Å². The largest absolute Gasteiger partial charge is 0.468 e. The molecule has 2 fully saturated rings. The first kappa shape index (κ1) is 59.9. The molecule has 0 aromatic carbocycles. The monoisotopic (exact) mass is 1030 g/mol. The van der Waals surface area contributed by atoms with Gasteiger partial charge in [0.2, 0.25) is 0 Å². The van der Waals surface area contributed by atoms with Crippen molar-refractivity contribution >= 4 is 40.1 Å². The molecule has 2 amide bonds. The van der Waals surface area contributed by atoms with Crippen LogP contribution in [0.15, 0.2) is 21.2 Å². The number of methoxy groups -OCH3 is 2. The molecule has 396 valence electrons. The molecule has 0 aliphatic carbocycles. The highest BCUT2D eigenvalue weighted by atomic mass is 32.2. The van der Waals surface area contributed by atoms with E-state index in [1.165, 1.54) is 21.0 Å². The highest BCUT2D eigenvalue weighted by Gasteiger charge is 2.86. The van der Waals surface area contributed by atoms with Gasteiger partial charge in [0.25, 0.3) is 5.88 Å². The summed E-state index contributed by atoms with van der Waals surface area (Å²) in [4.78, 5) is 52.7. The van der Waals surface area contributed by atoms with E-state index >= 15 is 0 Å². The number of halogens is 9. The van der Waals surface area contributed by atoms with Crippen LogP contribution < -0.4 is 14.4 Å². The van der Waals surface area contributed by atoms with Crippen molar-refractivity contribution in [1.82, 2.24) is 25.4 Å². The van der Waals surface area contributed by atoms with Crippen LogP contribution in [0.4, 0.5) is 54.9 Å². The topological polar surface area (TPSA) is 222 Å². The van der Waals surface area contributed by atoms with Gasteiger partial charge in [-0.15, -0.1) is 0 Å². The van der Waals surface area contributed by atoms with Gasteiger partial charge in [-0.3, -0.25) is 9.59 Å². The van der Waals surface area contributed by atoms with Gasteiger partial charge in [0.05, 0.1) is 14.2 Å². The average Bonchev–Trinajstić information content (AvgIpc) is 3.89. The number of carbonyl (C=O) groups excluding carboxylic acids is 4. The van der Waals surface area contributed by atoms with Gasteiger partial charge in [0.1, 0.15) is 23.0 Å². The molecule has 0 saturated carbocycles. The Balaban J connectivity index is 0.000000380. The Morgan fingerprint density at radius 2 is 1.04 bits per heavy atom. The van der Waals surface area contributed by atoms with Crippen LogP contribution in [0.1, 0.15) is 92.6 Å². The van der Waals surface area contributed by atoms with E-state index < -0.39 is 74.4 Å². The summed E-state index contributed by atoms with van der Waals surface area (Å²) in [6.45, 7) is 23.5. The third kappa shape index (κ3) is 15.6. The molecule has 2 saturated heterocycles. The molecule has 2 aromatic heterocycles. The Labute approximate surface area is 392 Å². The van der Waals surface area contributed by atoms with Crippen molar-refractivity contribution < 1.29 is 99.3 Å². The number of nitrogens with zero attached hydrogens (tertiary/aromatic N) is 5. The van der Waals surface area contributed by atoms with E-state index in [1.807, 2.05) is 60.3 Å². The molecule has 2 atom stereocenters. The maximum atomic E-state index is 13.6. The molecular weight excluding hydrogens is 976 g/mol. The zero-order valence-corrected chi connectivity index (χ0v) is 40.8. The summed E-state index contributed by atoms with van der Waals surface area (Å²) in [6, 6.07) is 2.14. The van der Waals surface area contributed by atoms with Gasteiger partial charge in [0, 0.05) is 64.5 Å². The number of ether oxygens (including phenoxy) is 4. The van der Waals surface area contributed by atoms with Crippen LogP contribution in [0.5, 0.6) is 5.88 Å². The molecule has 2 unspecified atom stereocenters. The lowest BCUT2D eigenvalue weighted by Gasteiger charge is -2.35. The zero-order valence-electron chi connectivity index (χ0n) is 40.0. The van der Waals surface area contributed by atoms with E-state index in [2.05, 4.69) is 29.1 Å². The molecule has 2 aromatic rings. The maximum Gasteiger partial charge on any atom is 0.460 e. The number of piperazine rings is 2. The van der Waals surface area contributed by atoms with Crippen molar-refractivity contribution in [2.75, 3.05) is 71.5 Å². The minimum Gasteiger partial charge on any atom is -0.468 e. The number of aromatic nitrogens is 2. The van der Waals surface area contributed by atoms with Crippen LogP contribution in [0.25, 0.3) is 0 Å². The first-order chi connectivity index (χ1) is 31.4. The van der Waals surface area contributed by atoms with Crippen LogP contribution in [0.3, 0.4) is 0 Å². The lowest BCUT2D eigenvalue weighted by Crippen LogP contribution is -2.63. The van der Waals surface area contributed by atoms with Crippen LogP contribution >= 0.6 is 0 Å². The fraction of sp³-hybridized carbons (Fsp3) is 0.750. The Kier molecular flexibility index (Phi) is 20.1. The van der Waals surface area contributed by atoms with Crippen LogP contribution in [0.2, 0.25) is 0 Å². The number of hydrogen-bond acceptors (Lipinski definition) is 17. The zero-order chi connectivity index (χ0) is 53.3.